The number of rotatable bonds is 4. The number of hydrogen-bond acceptors (Lipinski definition) is 2. The van der Waals surface area contributed by atoms with E-state index in [2.05, 4.69) is 5.32 Å². The summed E-state index contributed by atoms with van der Waals surface area (Å²) in [5, 5.41) is 11.3. The molecule has 64 valence electrons. The van der Waals surface area contributed by atoms with Crippen LogP contribution < -0.4 is 5.32 Å². The van der Waals surface area contributed by atoms with Crippen molar-refractivity contribution >= 4 is 5.97 Å². The van der Waals surface area contributed by atoms with E-state index >= 15 is 0 Å². The van der Waals surface area contributed by atoms with Gasteiger partial charge in [0.05, 0.1) is 6.54 Å². The Kier molecular flexibility index (Phi) is 3.36. The largest absolute Gasteiger partial charge is 0.480 e. The minimum absolute atomic E-state index is 0.108. The zero-order valence-electron chi connectivity index (χ0n) is 6.68. The summed E-state index contributed by atoms with van der Waals surface area (Å²) in [7, 11) is 0. The molecule has 0 radical (unpaired) electrons. The van der Waals surface area contributed by atoms with E-state index in [1.54, 1.807) is 0 Å². The first-order valence-corrected chi connectivity index (χ1v) is 4.21. The minimum Gasteiger partial charge on any atom is -0.480 e. The third kappa shape index (κ3) is 3.37. The molecule has 1 aliphatic rings. The molecule has 0 spiro atoms. The molecule has 0 bridgehead atoms. The fourth-order valence-corrected chi connectivity index (χ4v) is 1.60. The van der Waals surface area contributed by atoms with Crippen LogP contribution in [0.5, 0.6) is 0 Å². The maximum atomic E-state index is 10.1. The van der Waals surface area contributed by atoms with Crippen molar-refractivity contribution < 1.29 is 9.90 Å². The summed E-state index contributed by atoms with van der Waals surface area (Å²) in [6.45, 7) is 0.989. The van der Waals surface area contributed by atoms with Crippen LogP contribution in [-0.4, -0.2) is 24.2 Å². The van der Waals surface area contributed by atoms with Crippen LogP contribution in [0, 0.1) is 5.92 Å². The van der Waals surface area contributed by atoms with E-state index in [1.165, 1.54) is 25.7 Å². The quantitative estimate of drug-likeness (QED) is 0.636. The van der Waals surface area contributed by atoms with Crippen molar-refractivity contribution in [2.24, 2.45) is 5.92 Å². The Labute approximate surface area is 66.8 Å². The summed E-state index contributed by atoms with van der Waals surface area (Å²) in [6, 6.07) is 0. The highest BCUT2D eigenvalue weighted by Crippen LogP contribution is 2.23. The van der Waals surface area contributed by atoms with Crippen molar-refractivity contribution in [3.8, 4) is 0 Å². The summed E-state index contributed by atoms with van der Waals surface area (Å²) in [5.41, 5.74) is 0. The fraction of sp³-hybridized carbons (Fsp3) is 0.875. The lowest BCUT2D eigenvalue weighted by Crippen LogP contribution is -2.27. The Balaban J connectivity index is 1.98. The molecule has 0 aromatic heterocycles. The normalized spacial score (nSPS) is 18.9. The SMILES string of the molecule is O=C(O)CNCC1CCCC1. The van der Waals surface area contributed by atoms with Crippen molar-refractivity contribution in [1.29, 1.82) is 0 Å². The molecule has 0 atom stereocenters. The van der Waals surface area contributed by atoms with E-state index < -0.39 is 5.97 Å². The molecule has 3 heteroatoms. The molecule has 1 fully saturated rings. The second-order valence-corrected chi connectivity index (χ2v) is 3.18. The molecule has 1 aliphatic carbocycles. The van der Waals surface area contributed by atoms with Gasteiger partial charge in [-0.05, 0) is 25.3 Å². The van der Waals surface area contributed by atoms with Gasteiger partial charge in [-0.25, -0.2) is 0 Å². The lowest BCUT2D eigenvalue weighted by Gasteiger charge is -2.07. The number of aliphatic carboxylic acids is 1. The summed E-state index contributed by atoms with van der Waals surface area (Å²) in [5.74, 6) is -0.0302. The van der Waals surface area contributed by atoms with Gasteiger partial charge in [0.15, 0.2) is 0 Å². The van der Waals surface area contributed by atoms with Crippen LogP contribution in [-0.2, 0) is 4.79 Å². The summed E-state index contributed by atoms with van der Waals surface area (Å²) < 4.78 is 0. The van der Waals surface area contributed by atoms with Gasteiger partial charge < -0.3 is 10.4 Å². The number of carboxylic acids is 1. The van der Waals surface area contributed by atoms with Crippen LogP contribution in [0.15, 0.2) is 0 Å². The minimum atomic E-state index is -0.761. The highest BCUT2D eigenvalue weighted by molar-refractivity contribution is 5.68. The Morgan fingerprint density at radius 2 is 2.09 bits per heavy atom. The first-order valence-electron chi connectivity index (χ1n) is 4.21. The molecule has 0 aromatic carbocycles. The molecule has 11 heavy (non-hydrogen) atoms. The smallest absolute Gasteiger partial charge is 0.317 e. The van der Waals surface area contributed by atoms with Gasteiger partial charge in [0, 0.05) is 0 Å². The van der Waals surface area contributed by atoms with Crippen LogP contribution in [0.2, 0.25) is 0 Å². The zero-order chi connectivity index (χ0) is 8.10. The predicted octanol–water partition coefficient (Wildman–Crippen LogP) is 0.851. The summed E-state index contributed by atoms with van der Waals surface area (Å²) in [4.78, 5) is 10.1. The van der Waals surface area contributed by atoms with Crippen molar-refractivity contribution in [2.75, 3.05) is 13.1 Å². The van der Waals surface area contributed by atoms with E-state index in [0.717, 1.165) is 12.5 Å². The molecule has 0 saturated heterocycles. The number of carbonyl (C=O) groups is 1. The standard InChI is InChI=1S/C8H15NO2/c10-8(11)6-9-5-7-3-1-2-4-7/h7,9H,1-6H2,(H,10,11). The van der Waals surface area contributed by atoms with Gasteiger partial charge in [0.25, 0.3) is 0 Å². The first-order chi connectivity index (χ1) is 5.29. The van der Waals surface area contributed by atoms with Gasteiger partial charge in [-0.3, -0.25) is 4.79 Å². The van der Waals surface area contributed by atoms with E-state index in [0.29, 0.717) is 0 Å². The number of hydrogen-bond donors (Lipinski definition) is 2. The van der Waals surface area contributed by atoms with Gasteiger partial charge in [-0.2, -0.15) is 0 Å². The Morgan fingerprint density at radius 1 is 1.45 bits per heavy atom. The Hall–Kier alpha value is -0.570. The van der Waals surface area contributed by atoms with Crippen LogP contribution in [0.4, 0.5) is 0 Å². The second kappa shape index (κ2) is 4.34. The fourth-order valence-electron chi connectivity index (χ4n) is 1.60. The van der Waals surface area contributed by atoms with E-state index in [1.807, 2.05) is 0 Å². The average molecular weight is 157 g/mol. The molecule has 1 rings (SSSR count). The third-order valence-corrected chi connectivity index (χ3v) is 2.18. The summed E-state index contributed by atoms with van der Waals surface area (Å²) in [6.07, 6.45) is 5.18. The maximum Gasteiger partial charge on any atom is 0.317 e. The lowest BCUT2D eigenvalue weighted by atomic mass is 10.1. The molecule has 3 nitrogen and oxygen atoms in total. The average Bonchev–Trinajstić information content (AvgIpc) is 2.39. The number of carboxylic acid groups (broad SMARTS) is 1. The molecule has 0 unspecified atom stereocenters. The molecule has 0 aliphatic heterocycles. The monoisotopic (exact) mass is 157 g/mol. The van der Waals surface area contributed by atoms with Crippen molar-refractivity contribution in [3.63, 3.8) is 0 Å². The molecular formula is C8H15NO2. The highest BCUT2D eigenvalue weighted by Gasteiger charge is 2.14. The predicted molar refractivity (Wildman–Crippen MR) is 42.5 cm³/mol. The van der Waals surface area contributed by atoms with Crippen LogP contribution in [0.25, 0.3) is 0 Å². The van der Waals surface area contributed by atoms with E-state index in [-0.39, 0.29) is 6.54 Å². The third-order valence-electron chi connectivity index (χ3n) is 2.18. The van der Waals surface area contributed by atoms with Crippen molar-refractivity contribution in [1.82, 2.24) is 5.32 Å². The van der Waals surface area contributed by atoms with Gasteiger partial charge in [-0.15, -0.1) is 0 Å². The van der Waals surface area contributed by atoms with Gasteiger partial charge in [0.1, 0.15) is 0 Å². The van der Waals surface area contributed by atoms with Gasteiger partial charge >= 0.3 is 5.97 Å². The maximum absolute atomic E-state index is 10.1. The second-order valence-electron chi connectivity index (χ2n) is 3.18. The van der Waals surface area contributed by atoms with E-state index in [4.69, 9.17) is 5.11 Å². The zero-order valence-corrected chi connectivity index (χ0v) is 6.68. The van der Waals surface area contributed by atoms with Gasteiger partial charge in [0.2, 0.25) is 0 Å². The van der Waals surface area contributed by atoms with Crippen LogP contribution in [0.3, 0.4) is 0 Å². The molecule has 0 amide bonds. The molecule has 2 N–H and O–H groups in total. The topological polar surface area (TPSA) is 49.3 Å². The Morgan fingerprint density at radius 3 is 2.64 bits per heavy atom. The molecule has 1 saturated carbocycles. The van der Waals surface area contributed by atoms with Crippen LogP contribution in [0.1, 0.15) is 25.7 Å². The molecule has 0 heterocycles. The molecule has 0 aromatic rings. The highest BCUT2D eigenvalue weighted by atomic mass is 16.4. The Bertz CT molecular complexity index is 130. The summed E-state index contributed by atoms with van der Waals surface area (Å²) >= 11 is 0. The number of nitrogens with one attached hydrogen (secondary N) is 1. The van der Waals surface area contributed by atoms with Crippen molar-refractivity contribution in [3.05, 3.63) is 0 Å². The van der Waals surface area contributed by atoms with Gasteiger partial charge in [-0.1, -0.05) is 12.8 Å². The molecular weight excluding hydrogens is 142 g/mol. The first kappa shape index (κ1) is 8.53. The van der Waals surface area contributed by atoms with E-state index in [9.17, 15) is 4.79 Å². The van der Waals surface area contributed by atoms with Crippen molar-refractivity contribution in [2.45, 2.75) is 25.7 Å². The van der Waals surface area contributed by atoms with Crippen LogP contribution >= 0.6 is 0 Å². The lowest BCUT2D eigenvalue weighted by molar-refractivity contribution is -0.135.